The molecule has 2 rings (SSSR count). The number of carbonyl (C=O) groups is 4. The summed E-state index contributed by atoms with van der Waals surface area (Å²) >= 11 is 5.98. The largest absolute Gasteiger partial charge is 0.446 e. The molecule has 29 heavy (non-hydrogen) atoms. The van der Waals surface area contributed by atoms with Crippen LogP contribution in [0.3, 0.4) is 0 Å². The zero-order valence-electron chi connectivity index (χ0n) is 15.8. The fraction of sp³-hybridized carbons (Fsp3) is 0.200. The smallest absolute Gasteiger partial charge is 0.329 e. The molecule has 8 nitrogen and oxygen atoms in total. The number of ether oxygens (including phenoxy) is 1. The number of amides is 4. The van der Waals surface area contributed by atoms with E-state index in [0.717, 1.165) is 0 Å². The Morgan fingerprint density at radius 2 is 1.59 bits per heavy atom. The quantitative estimate of drug-likeness (QED) is 0.623. The minimum Gasteiger partial charge on any atom is -0.446 e. The third-order valence-electron chi connectivity index (χ3n) is 3.86. The van der Waals surface area contributed by atoms with Crippen molar-refractivity contribution in [3.05, 3.63) is 70.7 Å². The molecule has 0 aliphatic rings. The van der Waals surface area contributed by atoms with Gasteiger partial charge in [-0.25, -0.2) is 9.59 Å². The summed E-state index contributed by atoms with van der Waals surface area (Å²) in [5.41, 5.74) is 0.567. The Hall–Kier alpha value is -3.39. The molecule has 0 fully saturated rings. The highest BCUT2D eigenvalue weighted by molar-refractivity contribution is 6.33. The van der Waals surface area contributed by atoms with Crippen LogP contribution in [0.15, 0.2) is 54.6 Å². The summed E-state index contributed by atoms with van der Waals surface area (Å²) in [6, 6.07) is 12.8. The molecule has 0 radical (unpaired) electrons. The SMILES string of the molecule is CNC(=O)NC(=O)[C@@H](OC(=O)[C@H](C)NC(=O)c1ccccc1Cl)c1ccccc1. The zero-order chi connectivity index (χ0) is 21.4. The van der Waals surface area contributed by atoms with Crippen LogP contribution in [0.2, 0.25) is 5.02 Å². The fourth-order valence-electron chi connectivity index (χ4n) is 2.34. The number of nitrogens with one attached hydrogen (secondary N) is 3. The number of imide groups is 1. The second kappa shape index (κ2) is 10.2. The molecule has 9 heteroatoms. The van der Waals surface area contributed by atoms with Crippen molar-refractivity contribution in [1.29, 1.82) is 0 Å². The molecular weight excluding hydrogens is 398 g/mol. The average Bonchev–Trinajstić information content (AvgIpc) is 2.72. The number of urea groups is 1. The zero-order valence-corrected chi connectivity index (χ0v) is 16.5. The van der Waals surface area contributed by atoms with Gasteiger partial charge in [-0.15, -0.1) is 0 Å². The van der Waals surface area contributed by atoms with Crippen molar-refractivity contribution >= 4 is 35.4 Å². The second-order valence-electron chi connectivity index (χ2n) is 5.97. The third-order valence-corrected chi connectivity index (χ3v) is 4.19. The molecule has 0 spiro atoms. The summed E-state index contributed by atoms with van der Waals surface area (Å²) in [6.45, 7) is 1.41. The van der Waals surface area contributed by atoms with Crippen LogP contribution < -0.4 is 16.0 Å². The van der Waals surface area contributed by atoms with Gasteiger partial charge in [-0.2, -0.15) is 0 Å². The van der Waals surface area contributed by atoms with Gasteiger partial charge in [0.05, 0.1) is 10.6 Å². The van der Waals surface area contributed by atoms with E-state index in [4.69, 9.17) is 16.3 Å². The standard InChI is InChI=1S/C20H20ClN3O5/c1-12(23-17(25)14-10-6-7-11-15(14)21)19(27)29-16(13-8-4-3-5-9-13)18(26)24-20(28)22-2/h3-12,16H,1-2H3,(H,23,25)(H2,22,24,26,28)/t12-,16-/m0/s1. The molecule has 2 atom stereocenters. The van der Waals surface area contributed by atoms with E-state index in [2.05, 4.69) is 16.0 Å². The average molecular weight is 418 g/mol. The molecule has 0 aliphatic carbocycles. The van der Waals surface area contributed by atoms with Crippen molar-refractivity contribution in [1.82, 2.24) is 16.0 Å². The summed E-state index contributed by atoms with van der Waals surface area (Å²) in [4.78, 5) is 48.7. The van der Waals surface area contributed by atoms with E-state index in [0.29, 0.717) is 5.56 Å². The molecule has 0 saturated carbocycles. The second-order valence-corrected chi connectivity index (χ2v) is 6.38. The number of carbonyl (C=O) groups excluding carboxylic acids is 4. The van der Waals surface area contributed by atoms with Crippen LogP contribution in [0.1, 0.15) is 28.9 Å². The number of esters is 1. The van der Waals surface area contributed by atoms with Gasteiger partial charge in [0.2, 0.25) is 6.10 Å². The number of rotatable bonds is 6. The van der Waals surface area contributed by atoms with Crippen LogP contribution >= 0.6 is 11.6 Å². The lowest BCUT2D eigenvalue weighted by molar-refractivity contribution is -0.157. The van der Waals surface area contributed by atoms with E-state index in [9.17, 15) is 19.2 Å². The maximum absolute atomic E-state index is 12.5. The lowest BCUT2D eigenvalue weighted by atomic mass is 10.1. The molecule has 2 aromatic rings. The summed E-state index contributed by atoms with van der Waals surface area (Å²) in [5, 5.41) is 7.03. The monoisotopic (exact) mass is 417 g/mol. The van der Waals surface area contributed by atoms with Gasteiger partial charge in [-0.05, 0) is 19.1 Å². The third kappa shape index (κ3) is 6.05. The summed E-state index contributed by atoms with van der Waals surface area (Å²) in [7, 11) is 1.35. The van der Waals surface area contributed by atoms with Gasteiger partial charge >= 0.3 is 12.0 Å². The van der Waals surface area contributed by atoms with Crippen molar-refractivity contribution in [2.75, 3.05) is 7.05 Å². The molecule has 152 valence electrons. The Morgan fingerprint density at radius 3 is 2.21 bits per heavy atom. The maximum Gasteiger partial charge on any atom is 0.329 e. The molecule has 0 aromatic heterocycles. The minimum absolute atomic E-state index is 0.200. The molecule has 0 unspecified atom stereocenters. The molecular formula is C20H20ClN3O5. The molecule has 4 amide bonds. The van der Waals surface area contributed by atoms with E-state index in [1.165, 1.54) is 20.0 Å². The van der Waals surface area contributed by atoms with Gasteiger partial charge in [0.25, 0.3) is 11.8 Å². The van der Waals surface area contributed by atoms with Crippen molar-refractivity contribution < 1.29 is 23.9 Å². The van der Waals surface area contributed by atoms with Crippen LogP contribution in [0, 0.1) is 0 Å². The Kier molecular flexibility index (Phi) is 7.73. The molecule has 2 aromatic carbocycles. The highest BCUT2D eigenvalue weighted by Gasteiger charge is 2.29. The van der Waals surface area contributed by atoms with E-state index in [-0.39, 0.29) is 10.6 Å². The van der Waals surface area contributed by atoms with Gasteiger partial charge in [-0.3, -0.25) is 14.9 Å². The molecule has 0 saturated heterocycles. The Morgan fingerprint density at radius 1 is 0.966 bits per heavy atom. The van der Waals surface area contributed by atoms with Gasteiger partial charge in [0.1, 0.15) is 6.04 Å². The number of hydrogen-bond donors (Lipinski definition) is 3. The Bertz CT molecular complexity index is 904. The topological polar surface area (TPSA) is 114 Å². The van der Waals surface area contributed by atoms with E-state index < -0.39 is 36.0 Å². The van der Waals surface area contributed by atoms with Crippen molar-refractivity contribution in [2.24, 2.45) is 0 Å². The highest BCUT2D eigenvalue weighted by atomic mass is 35.5. The predicted molar refractivity (Wildman–Crippen MR) is 106 cm³/mol. The van der Waals surface area contributed by atoms with Crippen molar-refractivity contribution in [2.45, 2.75) is 19.1 Å². The van der Waals surface area contributed by atoms with Crippen LogP contribution in [-0.4, -0.2) is 36.9 Å². The predicted octanol–water partition coefficient (Wildman–Crippen LogP) is 2.20. The number of hydrogen-bond acceptors (Lipinski definition) is 5. The lowest BCUT2D eigenvalue weighted by Gasteiger charge is -2.20. The highest BCUT2D eigenvalue weighted by Crippen LogP contribution is 2.19. The first-order valence-corrected chi connectivity index (χ1v) is 9.04. The van der Waals surface area contributed by atoms with Crippen molar-refractivity contribution in [3.8, 4) is 0 Å². The minimum atomic E-state index is -1.37. The van der Waals surface area contributed by atoms with Crippen LogP contribution in [0.4, 0.5) is 4.79 Å². The Labute approximate surface area is 172 Å². The molecule has 0 bridgehead atoms. The van der Waals surface area contributed by atoms with E-state index in [1.54, 1.807) is 48.5 Å². The number of benzene rings is 2. The van der Waals surface area contributed by atoms with E-state index in [1.807, 2.05) is 0 Å². The Balaban J connectivity index is 2.12. The van der Waals surface area contributed by atoms with Crippen LogP contribution in [-0.2, 0) is 14.3 Å². The first-order chi connectivity index (χ1) is 13.8. The van der Waals surface area contributed by atoms with Gasteiger partial charge < -0.3 is 15.4 Å². The molecule has 0 aliphatic heterocycles. The summed E-state index contributed by atoms with van der Waals surface area (Å²) < 4.78 is 5.29. The van der Waals surface area contributed by atoms with Gasteiger partial charge in [0, 0.05) is 12.6 Å². The summed E-state index contributed by atoms with van der Waals surface area (Å²) in [6.07, 6.45) is -1.37. The first kappa shape index (κ1) is 21.9. The van der Waals surface area contributed by atoms with Gasteiger partial charge in [0.15, 0.2) is 0 Å². The first-order valence-electron chi connectivity index (χ1n) is 8.67. The number of halogens is 1. The molecule has 0 heterocycles. The normalized spacial score (nSPS) is 12.2. The van der Waals surface area contributed by atoms with Crippen LogP contribution in [0.25, 0.3) is 0 Å². The van der Waals surface area contributed by atoms with Crippen molar-refractivity contribution in [3.63, 3.8) is 0 Å². The summed E-state index contributed by atoms with van der Waals surface area (Å²) in [5.74, 6) is -2.24. The fourth-order valence-corrected chi connectivity index (χ4v) is 2.56. The lowest BCUT2D eigenvalue weighted by Crippen LogP contribution is -2.44. The van der Waals surface area contributed by atoms with Gasteiger partial charge in [-0.1, -0.05) is 54.1 Å². The maximum atomic E-state index is 12.5. The van der Waals surface area contributed by atoms with E-state index >= 15 is 0 Å². The van der Waals surface area contributed by atoms with Crippen LogP contribution in [0.5, 0.6) is 0 Å². The molecule has 3 N–H and O–H groups in total.